The highest BCUT2D eigenvalue weighted by Gasteiger charge is 2.20. The lowest BCUT2D eigenvalue weighted by atomic mass is 10.0. The first-order chi connectivity index (χ1) is 15.0. The molecule has 3 aromatic rings. The van der Waals surface area contributed by atoms with E-state index in [4.69, 9.17) is 11.6 Å². The van der Waals surface area contributed by atoms with Crippen molar-refractivity contribution in [2.24, 2.45) is 0 Å². The molecule has 1 N–H and O–H groups in total. The van der Waals surface area contributed by atoms with Crippen LogP contribution >= 0.6 is 23.4 Å². The molecule has 1 fully saturated rings. The lowest BCUT2D eigenvalue weighted by Gasteiger charge is -2.11. The molecule has 9 heteroatoms. The number of nitro benzene ring substituents is 1. The van der Waals surface area contributed by atoms with Crippen molar-refractivity contribution in [3.8, 4) is 0 Å². The van der Waals surface area contributed by atoms with Crippen LogP contribution in [0.3, 0.4) is 0 Å². The maximum Gasteiger partial charge on any atom is 0.270 e. The summed E-state index contributed by atoms with van der Waals surface area (Å²) >= 11 is 7.25. The number of rotatable bonds is 6. The van der Waals surface area contributed by atoms with E-state index in [1.807, 2.05) is 12.1 Å². The molecule has 1 amide bonds. The van der Waals surface area contributed by atoms with E-state index in [0.29, 0.717) is 15.8 Å². The zero-order chi connectivity index (χ0) is 21.8. The predicted octanol–water partition coefficient (Wildman–Crippen LogP) is 6.10. The van der Waals surface area contributed by atoms with Gasteiger partial charge < -0.3 is 0 Å². The predicted molar refractivity (Wildman–Crippen MR) is 120 cm³/mol. The number of nitrogens with one attached hydrogen (secondary N) is 1. The monoisotopic (exact) mass is 454 g/mol. The third kappa shape index (κ3) is 5.21. The quantitative estimate of drug-likeness (QED) is 0.357. The molecule has 31 heavy (non-hydrogen) atoms. The van der Waals surface area contributed by atoms with Gasteiger partial charge in [0.25, 0.3) is 11.6 Å². The number of hydrogen-bond donors (Lipinski definition) is 1. The Morgan fingerprint density at radius 3 is 2.42 bits per heavy atom. The molecule has 1 heterocycles. The van der Waals surface area contributed by atoms with Gasteiger partial charge in [-0.1, -0.05) is 36.2 Å². The Morgan fingerprint density at radius 2 is 1.77 bits per heavy atom. The molecule has 0 unspecified atom stereocenters. The molecule has 2 aromatic carbocycles. The van der Waals surface area contributed by atoms with Gasteiger partial charge in [0.2, 0.25) is 5.95 Å². The third-order valence-corrected chi connectivity index (χ3v) is 6.52. The fourth-order valence-electron chi connectivity index (χ4n) is 3.57. The fraction of sp³-hybridized carbons (Fsp3) is 0.227. The Morgan fingerprint density at radius 1 is 1.10 bits per heavy atom. The molecule has 0 aliphatic heterocycles. The molecule has 0 bridgehead atoms. The normalized spacial score (nSPS) is 13.8. The molecule has 1 saturated carbocycles. The second-order valence-corrected chi connectivity index (χ2v) is 8.82. The summed E-state index contributed by atoms with van der Waals surface area (Å²) < 4.78 is 0. The van der Waals surface area contributed by atoms with Gasteiger partial charge in [-0.2, -0.15) is 0 Å². The fourth-order valence-corrected chi connectivity index (χ4v) is 4.62. The number of non-ortho nitro benzene ring substituents is 1. The number of benzene rings is 2. The number of aromatic nitrogens is 2. The van der Waals surface area contributed by atoms with Crippen molar-refractivity contribution in [1.82, 2.24) is 9.97 Å². The van der Waals surface area contributed by atoms with E-state index in [-0.39, 0.29) is 17.2 Å². The van der Waals surface area contributed by atoms with Gasteiger partial charge in [-0.3, -0.25) is 20.2 Å². The summed E-state index contributed by atoms with van der Waals surface area (Å²) in [5, 5.41) is 14.5. The largest absolute Gasteiger partial charge is 0.290 e. The van der Waals surface area contributed by atoms with Crippen molar-refractivity contribution >= 4 is 40.9 Å². The third-order valence-electron chi connectivity index (χ3n) is 5.18. The van der Waals surface area contributed by atoms with Crippen LogP contribution < -0.4 is 5.32 Å². The number of amides is 1. The van der Waals surface area contributed by atoms with Crippen LogP contribution in [0.5, 0.6) is 0 Å². The van der Waals surface area contributed by atoms with Crippen LogP contribution in [0.15, 0.2) is 64.6 Å². The average molecular weight is 455 g/mol. The van der Waals surface area contributed by atoms with Crippen LogP contribution in [-0.2, 0) is 0 Å². The number of carbonyl (C=O) groups excluding carboxylic acids is 1. The van der Waals surface area contributed by atoms with Crippen LogP contribution in [0.25, 0.3) is 0 Å². The molecule has 0 spiro atoms. The van der Waals surface area contributed by atoms with E-state index in [2.05, 4.69) is 15.3 Å². The van der Waals surface area contributed by atoms with Crippen molar-refractivity contribution in [2.45, 2.75) is 41.4 Å². The maximum atomic E-state index is 12.9. The number of nitro groups is 1. The van der Waals surface area contributed by atoms with Crippen molar-refractivity contribution < 1.29 is 9.72 Å². The summed E-state index contributed by atoms with van der Waals surface area (Å²) in [5.74, 6) is 0.137. The maximum absolute atomic E-state index is 12.9. The standard InChI is InChI=1S/C22H19ClN4O3S/c23-16-5-8-18(9-6-16)31-20-10-7-17(27(29)30)11-19(20)21(28)26-22-24-12-15(13-25-22)14-3-1-2-4-14/h5-14H,1-4H2,(H,24,25,26,28). The van der Waals surface area contributed by atoms with E-state index < -0.39 is 10.8 Å². The number of carbonyl (C=O) groups is 1. The van der Waals surface area contributed by atoms with Gasteiger partial charge in [0.1, 0.15) is 0 Å². The lowest BCUT2D eigenvalue weighted by molar-refractivity contribution is -0.384. The van der Waals surface area contributed by atoms with Crippen molar-refractivity contribution in [1.29, 1.82) is 0 Å². The zero-order valence-corrected chi connectivity index (χ0v) is 18.0. The summed E-state index contributed by atoms with van der Waals surface area (Å²) in [6.45, 7) is 0. The number of hydrogen-bond acceptors (Lipinski definition) is 6. The summed E-state index contributed by atoms with van der Waals surface area (Å²) in [6, 6.07) is 11.3. The smallest absolute Gasteiger partial charge is 0.270 e. The van der Waals surface area contributed by atoms with Crippen LogP contribution in [0, 0.1) is 10.1 Å². The second kappa shape index (κ2) is 9.45. The molecule has 1 aliphatic carbocycles. The Balaban J connectivity index is 1.57. The van der Waals surface area contributed by atoms with Crippen LogP contribution in [0.2, 0.25) is 5.02 Å². The highest BCUT2D eigenvalue weighted by Crippen LogP contribution is 2.34. The summed E-state index contributed by atoms with van der Waals surface area (Å²) in [7, 11) is 0. The molecular weight excluding hydrogens is 436 g/mol. The minimum Gasteiger partial charge on any atom is -0.290 e. The first-order valence-electron chi connectivity index (χ1n) is 9.85. The Labute approximate surface area is 188 Å². The topological polar surface area (TPSA) is 98.0 Å². The van der Waals surface area contributed by atoms with Crippen LogP contribution in [0.1, 0.15) is 47.5 Å². The van der Waals surface area contributed by atoms with Gasteiger partial charge in [0, 0.05) is 39.3 Å². The molecule has 158 valence electrons. The van der Waals surface area contributed by atoms with Crippen molar-refractivity contribution in [2.75, 3.05) is 5.32 Å². The molecule has 1 aromatic heterocycles. The second-order valence-electron chi connectivity index (χ2n) is 7.27. The van der Waals surface area contributed by atoms with E-state index in [0.717, 1.165) is 23.3 Å². The lowest BCUT2D eigenvalue weighted by Crippen LogP contribution is -2.15. The molecule has 7 nitrogen and oxygen atoms in total. The van der Waals surface area contributed by atoms with Crippen molar-refractivity contribution in [3.63, 3.8) is 0 Å². The summed E-state index contributed by atoms with van der Waals surface area (Å²) in [4.78, 5) is 33.6. The molecule has 1 aliphatic rings. The van der Waals surface area contributed by atoms with Crippen LogP contribution in [-0.4, -0.2) is 20.8 Å². The first kappa shape index (κ1) is 21.3. The number of anilines is 1. The Kier molecular flexibility index (Phi) is 6.48. The first-order valence-corrected chi connectivity index (χ1v) is 11.0. The summed E-state index contributed by atoms with van der Waals surface area (Å²) in [6.07, 6.45) is 8.18. The molecule has 0 saturated heterocycles. The van der Waals surface area contributed by atoms with E-state index >= 15 is 0 Å². The SMILES string of the molecule is O=C(Nc1ncc(C2CCCC2)cn1)c1cc([N+](=O)[O-])ccc1Sc1ccc(Cl)cc1. The van der Waals surface area contributed by atoms with Crippen LogP contribution in [0.4, 0.5) is 11.6 Å². The minimum atomic E-state index is -0.527. The van der Waals surface area contributed by atoms with Gasteiger partial charge in [0.15, 0.2) is 0 Å². The number of nitrogens with zero attached hydrogens (tertiary/aromatic N) is 3. The Bertz CT molecular complexity index is 1100. The van der Waals surface area contributed by atoms with E-state index in [9.17, 15) is 14.9 Å². The minimum absolute atomic E-state index is 0.164. The molecule has 0 atom stereocenters. The van der Waals surface area contributed by atoms with E-state index in [1.54, 1.807) is 30.6 Å². The van der Waals surface area contributed by atoms with Crippen molar-refractivity contribution in [3.05, 3.63) is 81.1 Å². The van der Waals surface area contributed by atoms with Gasteiger partial charge in [0.05, 0.1) is 10.5 Å². The van der Waals surface area contributed by atoms with Gasteiger partial charge >= 0.3 is 0 Å². The highest BCUT2D eigenvalue weighted by atomic mass is 35.5. The van der Waals surface area contributed by atoms with E-state index in [1.165, 1.54) is 36.7 Å². The highest BCUT2D eigenvalue weighted by molar-refractivity contribution is 7.99. The zero-order valence-electron chi connectivity index (χ0n) is 16.5. The summed E-state index contributed by atoms with van der Waals surface area (Å²) in [5.41, 5.74) is 1.09. The molecular formula is C22H19ClN4O3S. The Hall–Kier alpha value is -2.97. The van der Waals surface area contributed by atoms with Gasteiger partial charge in [-0.05, 0) is 54.7 Å². The molecule has 4 rings (SSSR count). The van der Waals surface area contributed by atoms with Gasteiger partial charge in [-0.15, -0.1) is 0 Å². The number of halogens is 1. The molecule has 0 radical (unpaired) electrons. The van der Waals surface area contributed by atoms with Gasteiger partial charge in [-0.25, -0.2) is 9.97 Å². The average Bonchev–Trinajstić information content (AvgIpc) is 3.31.